The van der Waals surface area contributed by atoms with E-state index in [1.54, 1.807) is 0 Å². The number of hydrogen-bond donors (Lipinski definition) is 3. The van der Waals surface area contributed by atoms with Crippen LogP contribution in [0.2, 0.25) is 0 Å². The average Bonchev–Trinajstić information content (AvgIpc) is 2.18. The van der Waals surface area contributed by atoms with E-state index < -0.39 is 17.6 Å². The van der Waals surface area contributed by atoms with Gasteiger partial charge in [-0.1, -0.05) is 0 Å². The molecule has 0 aliphatic carbocycles. The molecule has 1 aromatic carbocycles. The van der Waals surface area contributed by atoms with E-state index >= 15 is 0 Å². The Morgan fingerprint density at radius 3 is 2.73 bits per heavy atom. The van der Waals surface area contributed by atoms with Crippen molar-refractivity contribution in [1.29, 1.82) is 0 Å². The van der Waals surface area contributed by atoms with Gasteiger partial charge in [-0.05, 0) is 18.2 Å². The zero-order chi connectivity index (χ0) is 11.4. The second-order valence-electron chi connectivity index (χ2n) is 2.81. The topological polar surface area (TPSA) is 72.2 Å². The summed E-state index contributed by atoms with van der Waals surface area (Å²) in [6.07, 6.45) is 0. The fourth-order valence-electron chi connectivity index (χ4n) is 0.950. The molecule has 0 heterocycles. The Labute approximate surface area is 91.1 Å². The number of nitrogens with one attached hydrogen (secondary N) is 1. The third kappa shape index (κ3) is 3.25. The normalized spacial score (nSPS) is 9.73. The lowest BCUT2D eigenvalue weighted by Crippen LogP contribution is -2.33. The SMILES string of the molecule is NC(=O)CNC(=O)c1cc(S)ccc1F. The quantitative estimate of drug-likeness (QED) is 0.652. The van der Waals surface area contributed by atoms with Crippen molar-refractivity contribution in [3.8, 4) is 0 Å². The summed E-state index contributed by atoms with van der Waals surface area (Å²) in [7, 11) is 0. The minimum atomic E-state index is -0.692. The van der Waals surface area contributed by atoms with Gasteiger partial charge in [0.2, 0.25) is 5.91 Å². The molecular weight excluding hydrogens is 219 g/mol. The van der Waals surface area contributed by atoms with E-state index in [9.17, 15) is 14.0 Å². The summed E-state index contributed by atoms with van der Waals surface area (Å²) in [5.41, 5.74) is 4.66. The lowest BCUT2D eigenvalue weighted by molar-refractivity contribution is -0.117. The predicted octanol–water partition coefficient (Wildman–Crippen LogP) is 0.329. The molecule has 0 aliphatic rings. The maximum absolute atomic E-state index is 13.1. The molecule has 0 fully saturated rings. The molecule has 80 valence electrons. The lowest BCUT2D eigenvalue weighted by Gasteiger charge is -2.04. The standard InChI is InChI=1S/C9H9FN2O2S/c10-7-2-1-5(15)3-6(7)9(14)12-4-8(11)13/h1-3,15H,4H2,(H2,11,13)(H,12,14). The van der Waals surface area contributed by atoms with E-state index in [0.717, 1.165) is 6.07 Å². The van der Waals surface area contributed by atoms with Gasteiger partial charge in [-0.3, -0.25) is 9.59 Å². The summed E-state index contributed by atoms with van der Waals surface area (Å²) < 4.78 is 13.1. The number of carbonyl (C=O) groups is 2. The van der Waals surface area contributed by atoms with Gasteiger partial charge in [0, 0.05) is 4.90 Å². The van der Waals surface area contributed by atoms with Crippen molar-refractivity contribution in [3.05, 3.63) is 29.6 Å². The van der Waals surface area contributed by atoms with E-state index in [-0.39, 0.29) is 12.1 Å². The Bertz CT molecular complexity index is 409. The molecule has 15 heavy (non-hydrogen) atoms. The number of amides is 2. The number of hydrogen-bond acceptors (Lipinski definition) is 3. The van der Waals surface area contributed by atoms with E-state index in [1.807, 2.05) is 0 Å². The maximum atomic E-state index is 13.1. The fraction of sp³-hybridized carbons (Fsp3) is 0.111. The Morgan fingerprint density at radius 1 is 1.47 bits per heavy atom. The Morgan fingerprint density at radius 2 is 2.13 bits per heavy atom. The zero-order valence-electron chi connectivity index (χ0n) is 7.66. The molecule has 0 bridgehead atoms. The number of halogens is 1. The van der Waals surface area contributed by atoms with Gasteiger partial charge in [-0.25, -0.2) is 4.39 Å². The highest BCUT2D eigenvalue weighted by atomic mass is 32.1. The van der Waals surface area contributed by atoms with E-state index in [0.29, 0.717) is 4.90 Å². The van der Waals surface area contributed by atoms with Crippen molar-refractivity contribution in [2.24, 2.45) is 5.73 Å². The van der Waals surface area contributed by atoms with Gasteiger partial charge in [-0.15, -0.1) is 12.6 Å². The first kappa shape index (κ1) is 11.5. The summed E-state index contributed by atoms with van der Waals surface area (Å²) in [6, 6.07) is 3.82. The van der Waals surface area contributed by atoms with Crippen LogP contribution in [0, 0.1) is 5.82 Å². The molecule has 1 rings (SSSR count). The van der Waals surface area contributed by atoms with Crippen molar-refractivity contribution >= 4 is 24.4 Å². The molecule has 0 radical (unpaired) electrons. The van der Waals surface area contributed by atoms with Crippen LogP contribution >= 0.6 is 12.6 Å². The van der Waals surface area contributed by atoms with Crippen molar-refractivity contribution < 1.29 is 14.0 Å². The molecule has 0 atom stereocenters. The van der Waals surface area contributed by atoms with Crippen LogP contribution in [0.3, 0.4) is 0 Å². The van der Waals surface area contributed by atoms with Crippen molar-refractivity contribution in [2.45, 2.75) is 4.90 Å². The number of benzene rings is 1. The van der Waals surface area contributed by atoms with Crippen LogP contribution in [0.15, 0.2) is 23.1 Å². The second kappa shape index (κ2) is 4.79. The number of carbonyl (C=O) groups excluding carboxylic acids is 2. The van der Waals surface area contributed by atoms with E-state index in [1.165, 1.54) is 12.1 Å². The van der Waals surface area contributed by atoms with Crippen LogP contribution in [0.4, 0.5) is 4.39 Å². The van der Waals surface area contributed by atoms with Crippen LogP contribution in [0.25, 0.3) is 0 Å². The fourth-order valence-corrected chi connectivity index (χ4v) is 1.15. The van der Waals surface area contributed by atoms with Gasteiger partial charge >= 0.3 is 0 Å². The van der Waals surface area contributed by atoms with Gasteiger partial charge < -0.3 is 11.1 Å². The highest BCUT2D eigenvalue weighted by Crippen LogP contribution is 2.13. The number of rotatable bonds is 3. The largest absolute Gasteiger partial charge is 0.368 e. The third-order valence-corrected chi connectivity index (χ3v) is 1.90. The Kier molecular flexibility index (Phi) is 3.68. The smallest absolute Gasteiger partial charge is 0.254 e. The van der Waals surface area contributed by atoms with Crippen molar-refractivity contribution in [1.82, 2.24) is 5.32 Å². The molecule has 0 aliphatic heterocycles. The predicted molar refractivity (Wildman–Crippen MR) is 55.2 cm³/mol. The van der Waals surface area contributed by atoms with Crippen LogP contribution < -0.4 is 11.1 Å². The first-order valence-corrected chi connectivity index (χ1v) is 4.50. The van der Waals surface area contributed by atoms with Gasteiger partial charge in [0.05, 0.1) is 12.1 Å². The number of nitrogens with two attached hydrogens (primary N) is 1. The van der Waals surface area contributed by atoms with Crippen LogP contribution in [0.1, 0.15) is 10.4 Å². The van der Waals surface area contributed by atoms with Crippen LogP contribution in [-0.2, 0) is 4.79 Å². The minimum Gasteiger partial charge on any atom is -0.368 e. The van der Waals surface area contributed by atoms with E-state index in [2.05, 4.69) is 17.9 Å². The molecule has 4 nitrogen and oxygen atoms in total. The molecule has 0 unspecified atom stereocenters. The number of primary amides is 1. The highest BCUT2D eigenvalue weighted by Gasteiger charge is 2.11. The Hall–Kier alpha value is -1.56. The van der Waals surface area contributed by atoms with Crippen molar-refractivity contribution in [2.75, 3.05) is 6.54 Å². The van der Waals surface area contributed by atoms with Gasteiger partial charge in [0.15, 0.2) is 0 Å². The summed E-state index contributed by atoms with van der Waals surface area (Å²) in [6.45, 7) is -0.324. The van der Waals surface area contributed by atoms with Crippen LogP contribution in [0.5, 0.6) is 0 Å². The molecule has 0 aromatic heterocycles. The summed E-state index contributed by atoms with van der Waals surface area (Å²) in [4.78, 5) is 22.2. The van der Waals surface area contributed by atoms with Crippen LogP contribution in [-0.4, -0.2) is 18.4 Å². The molecule has 6 heteroatoms. The van der Waals surface area contributed by atoms with Gasteiger partial charge in [0.1, 0.15) is 5.82 Å². The lowest BCUT2D eigenvalue weighted by atomic mass is 10.2. The molecule has 0 saturated carbocycles. The zero-order valence-corrected chi connectivity index (χ0v) is 8.55. The average molecular weight is 228 g/mol. The summed E-state index contributed by atoms with van der Waals surface area (Å²) >= 11 is 3.97. The molecule has 0 saturated heterocycles. The molecule has 2 amide bonds. The molecule has 1 aromatic rings. The number of thiol groups is 1. The second-order valence-corrected chi connectivity index (χ2v) is 3.33. The molecule has 3 N–H and O–H groups in total. The van der Waals surface area contributed by atoms with Crippen molar-refractivity contribution in [3.63, 3.8) is 0 Å². The molecule has 0 spiro atoms. The highest BCUT2D eigenvalue weighted by molar-refractivity contribution is 7.80. The van der Waals surface area contributed by atoms with Gasteiger partial charge in [0.25, 0.3) is 5.91 Å². The first-order valence-electron chi connectivity index (χ1n) is 4.05. The third-order valence-electron chi connectivity index (χ3n) is 1.62. The Balaban J connectivity index is 2.81. The summed E-state index contributed by atoms with van der Waals surface area (Å²) in [5.74, 6) is -2.05. The maximum Gasteiger partial charge on any atom is 0.254 e. The molecular formula is C9H9FN2O2S. The first-order chi connectivity index (χ1) is 7.00. The van der Waals surface area contributed by atoms with E-state index in [4.69, 9.17) is 5.73 Å². The minimum absolute atomic E-state index is 0.163. The monoisotopic (exact) mass is 228 g/mol. The van der Waals surface area contributed by atoms with Gasteiger partial charge in [-0.2, -0.15) is 0 Å². The summed E-state index contributed by atoms with van der Waals surface area (Å²) in [5, 5.41) is 2.18.